The van der Waals surface area contributed by atoms with Crippen LogP contribution in [0.25, 0.3) is 22.4 Å². The summed E-state index contributed by atoms with van der Waals surface area (Å²) in [5.74, 6) is -2.80. The third-order valence-corrected chi connectivity index (χ3v) is 11.2. The van der Waals surface area contributed by atoms with E-state index in [-0.39, 0.29) is 31.5 Å². The number of nitrogens with one attached hydrogen (secondary N) is 2. The molecule has 7 rings (SSSR count). The van der Waals surface area contributed by atoms with Gasteiger partial charge in [-0.2, -0.15) is 0 Å². The Morgan fingerprint density at radius 3 is 2.32 bits per heavy atom. The van der Waals surface area contributed by atoms with Crippen LogP contribution in [0, 0.1) is 11.7 Å². The molecule has 1 aliphatic carbocycles. The maximum atomic E-state index is 14.7. The predicted molar refractivity (Wildman–Crippen MR) is 217 cm³/mol. The normalized spacial score (nSPS) is 24.5. The van der Waals surface area contributed by atoms with Gasteiger partial charge in [0, 0.05) is 37.5 Å². The number of aromatic nitrogens is 2. The highest BCUT2D eigenvalue weighted by Gasteiger charge is 2.61. The number of nitrogens with zero attached hydrogens (tertiary/aromatic N) is 5. The molecule has 3 aliphatic heterocycles. The van der Waals surface area contributed by atoms with Crippen LogP contribution in [0.15, 0.2) is 71.5 Å². The van der Waals surface area contributed by atoms with Crippen molar-refractivity contribution in [2.75, 3.05) is 31.1 Å². The smallest absolute Gasteiger partial charge is 0.426 e. The van der Waals surface area contributed by atoms with E-state index >= 15 is 0 Å². The fraction of sp³-hybridized carbons (Fsp3) is 0.488. The fourth-order valence-electron chi connectivity index (χ4n) is 8.14. The fourth-order valence-corrected chi connectivity index (χ4v) is 8.14. The highest BCUT2D eigenvalue weighted by atomic mass is 19.1. The maximum absolute atomic E-state index is 14.7. The van der Waals surface area contributed by atoms with Gasteiger partial charge >= 0.3 is 23.7 Å². The molecule has 0 radical (unpaired) electrons. The number of carboxylic acids is 1. The van der Waals surface area contributed by atoms with Crippen LogP contribution >= 0.6 is 0 Å². The molecule has 16 heteroatoms. The molecule has 4 amide bonds. The number of carbonyl (C=O) groups excluding carboxylic acids is 3. The summed E-state index contributed by atoms with van der Waals surface area (Å²) in [5, 5.41) is 18.9. The second-order valence-electron chi connectivity index (χ2n) is 16.7. The van der Waals surface area contributed by atoms with Gasteiger partial charge in [0.25, 0.3) is 0 Å². The number of benzene rings is 2. The minimum atomic E-state index is -1.55. The number of allylic oxidation sites excluding steroid dienone is 1. The predicted octanol–water partition coefficient (Wildman–Crippen LogP) is 5.53. The molecule has 1 aromatic heterocycles. The average molecular weight is 814 g/mol. The van der Waals surface area contributed by atoms with Gasteiger partial charge < -0.3 is 29.8 Å². The lowest BCUT2D eigenvalue weighted by atomic mass is 9.99. The van der Waals surface area contributed by atoms with Crippen molar-refractivity contribution in [2.45, 2.75) is 102 Å². The van der Waals surface area contributed by atoms with E-state index in [9.17, 15) is 33.5 Å². The number of urea groups is 1. The number of carboxylic acid groups (broad SMARTS) is 1. The third kappa shape index (κ3) is 9.21. The van der Waals surface area contributed by atoms with E-state index in [0.29, 0.717) is 54.9 Å². The summed E-state index contributed by atoms with van der Waals surface area (Å²) in [6.07, 6.45) is 7.45. The van der Waals surface area contributed by atoms with E-state index in [1.165, 1.54) is 17.0 Å². The zero-order chi connectivity index (χ0) is 41.9. The van der Waals surface area contributed by atoms with E-state index in [1.807, 2.05) is 42.5 Å². The summed E-state index contributed by atoms with van der Waals surface area (Å²) < 4.78 is 19.7. The van der Waals surface area contributed by atoms with Crippen molar-refractivity contribution >= 4 is 29.7 Å². The van der Waals surface area contributed by atoms with Crippen LogP contribution in [0.4, 0.5) is 19.7 Å². The summed E-state index contributed by atoms with van der Waals surface area (Å²) in [4.78, 5) is 79.7. The quantitative estimate of drug-likeness (QED) is 0.257. The van der Waals surface area contributed by atoms with E-state index in [4.69, 9.17) is 14.7 Å². The Kier molecular flexibility index (Phi) is 12.0. The Balaban J connectivity index is 1.28. The lowest BCUT2D eigenvalue weighted by molar-refractivity contribution is -0.144. The Morgan fingerprint density at radius 2 is 1.63 bits per heavy atom. The number of aliphatic carboxylic acids is 1. The molecule has 4 aliphatic rings. The molecule has 3 N–H and O–H groups in total. The highest BCUT2D eigenvalue weighted by Crippen LogP contribution is 2.45. The number of anilines is 1. The summed E-state index contributed by atoms with van der Waals surface area (Å²) in [6.45, 7) is 6.32. The molecule has 3 fully saturated rings. The van der Waals surface area contributed by atoms with Crippen LogP contribution in [0.1, 0.15) is 78.6 Å². The summed E-state index contributed by atoms with van der Waals surface area (Å²) in [6, 6.07) is 13.0. The van der Waals surface area contributed by atoms with Crippen LogP contribution in [0.3, 0.4) is 0 Å². The molecule has 2 aromatic carbocycles. The molecule has 3 aromatic rings. The number of amides is 4. The first-order chi connectivity index (χ1) is 28.2. The molecule has 0 bridgehead atoms. The van der Waals surface area contributed by atoms with Gasteiger partial charge in [0.1, 0.15) is 34.8 Å². The molecule has 4 atom stereocenters. The molecule has 0 spiro atoms. The molecule has 15 nitrogen and oxygen atoms in total. The number of carbonyl (C=O) groups is 4. The lowest BCUT2D eigenvalue weighted by Gasteiger charge is -2.32. The number of fused-ring (bicyclic) bond motifs is 2. The molecule has 2 saturated heterocycles. The standard InChI is InChI=1S/C43H52FN7O8/c1-42(2,3)58-40(56)47-50-24-14-6-4-5-11-17-30-26-43(30,39(54)55)45-37(52)33-25-32(27-49(33)41(50)57)59-51-38(53)34(28-18-20-31(44)21-19-28)36(48-22-12-8-13-23-48)35(46-51)29-15-9-7-10-16-29/h7,9-11,15-21,30,32-33H,4-6,8,12-14,22-27H2,1-3H3,(H,45,52)(H,47,56)(H,54,55)/b17-11-. The maximum Gasteiger partial charge on any atom is 0.426 e. The van der Waals surface area contributed by atoms with Crippen molar-refractivity contribution in [1.82, 2.24) is 30.6 Å². The van der Waals surface area contributed by atoms with Gasteiger partial charge in [-0.3, -0.25) is 9.59 Å². The van der Waals surface area contributed by atoms with Gasteiger partial charge in [-0.25, -0.2) is 29.2 Å². The van der Waals surface area contributed by atoms with Gasteiger partial charge in [0.05, 0.1) is 17.8 Å². The zero-order valence-electron chi connectivity index (χ0n) is 33.7. The second kappa shape index (κ2) is 17.1. The van der Waals surface area contributed by atoms with E-state index in [2.05, 4.69) is 15.6 Å². The van der Waals surface area contributed by atoms with Crippen molar-refractivity contribution < 1.29 is 38.2 Å². The monoisotopic (exact) mass is 813 g/mol. The van der Waals surface area contributed by atoms with Crippen LogP contribution in [0.5, 0.6) is 0 Å². The van der Waals surface area contributed by atoms with Gasteiger partial charge in [-0.05, 0) is 83.4 Å². The average Bonchev–Trinajstić information content (AvgIpc) is 3.74. The van der Waals surface area contributed by atoms with Crippen LogP contribution in [0.2, 0.25) is 0 Å². The summed E-state index contributed by atoms with van der Waals surface area (Å²) in [7, 11) is 0. The summed E-state index contributed by atoms with van der Waals surface area (Å²) in [5.41, 5.74) is 1.99. The van der Waals surface area contributed by atoms with Crippen LogP contribution in [-0.4, -0.2) is 98.4 Å². The van der Waals surface area contributed by atoms with Crippen molar-refractivity contribution in [2.24, 2.45) is 5.92 Å². The zero-order valence-corrected chi connectivity index (χ0v) is 33.7. The van der Waals surface area contributed by atoms with Crippen LogP contribution < -0.4 is 26.0 Å². The molecule has 59 heavy (non-hydrogen) atoms. The first kappa shape index (κ1) is 41.2. The number of hydrazine groups is 1. The molecule has 4 unspecified atom stereocenters. The minimum absolute atomic E-state index is 0.0975. The van der Waals surface area contributed by atoms with E-state index in [0.717, 1.165) is 35.5 Å². The minimum Gasteiger partial charge on any atom is -0.479 e. The topological polar surface area (TPSA) is 176 Å². The van der Waals surface area contributed by atoms with Crippen molar-refractivity contribution in [3.05, 3.63) is 82.9 Å². The van der Waals surface area contributed by atoms with Crippen molar-refractivity contribution in [1.29, 1.82) is 0 Å². The number of hydrogen-bond acceptors (Lipinski definition) is 9. The third-order valence-electron chi connectivity index (χ3n) is 11.2. The Morgan fingerprint density at radius 1 is 0.932 bits per heavy atom. The highest BCUT2D eigenvalue weighted by molar-refractivity contribution is 5.95. The van der Waals surface area contributed by atoms with E-state index in [1.54, 1.807) is 32.9 Å². The van der Waals surface area contributed by atoms with Gasteiger partial charge in [0.2, 0.25) is 5.91 Å². The second-order valence-corrected chi connectivity index (χ2v) is 16.7. The largest absolute Gasteiger partial charge is 0.479 e. The van der Waals surface area contributed by atoms with Crippen LogP contribution in [-0.2, 0) is 14.3 Å². The Bertz CT molecular complexity index is 2130. The van der Waals surface area contributed by atoms with E-state index < -0.39 is 64.6 Å². The molecular weight excluding hydrogens is 762 g/mol. The molecule has 1 saturated carbocycles. The number of piperidine rings is 1. The van der Waals surface area contributed by atoms with Crippen molar-refractivity contribution in [3.8, 4) is 22.4 Å². The molecule has 4 heterocycles. The number of halogens is 1. The van der Waals surface area contributed by atoms with Gasteiger partial charge in [0.15, 0.2) is 0 Å². The first-order valence-electron chi connectivity index (χ1n) is 20.4. The number of rotatable bonds is 7. The molecule has 314 valence electrons. The SMILES string of the molecule is CC(C)(C)OC(=O)NN1CCCCC/C=C\C2CC2(C(=O)O)NC(=O)C2CC(On3nc(-c4ccccc4)c(N4CCCCC4)c(-c4ccc(F)cc4)c3=O)CN2C1=O. The molecular formula is C43H52FN7O8. The number of ether oxygens (including phenoxy) is 1. The Labute approximate surface area is 342 Å². The Hall–Kier alpha value is -5.93. The first-order valence-corrected chi connectivity index (χ1v) is 20.4. The van der Waals surface area contributed by atoms with Gasteiger partial charge in [-0.1, -0.05) is 65.9 Å². The number of hydrogen-bond donors (Lipinski definition) is 3. The van der Waals surface area contributed by atoms with Crippen molar-refractivity contribution in [3.63, 3.8) is 0 Å². The lowest BCUT2D eigenvalue weighted by Crippen LogP contribution is -2.58. The summed E-state index contributed by atoms with van der Waals surface area (Å²) >= 11 is 0. The van der Waals surface area contributed by atoms with Gasteiger partial charge in [-0.15, -0.1) is 5.10 Å².